The molecule has 0 bridgehead atoms. The van der Waals surface area contributed by atoms with Crippen LogP contribution in [0.3, 0.4) is 0 Å². The Morgan fingerprint density at radius 3 is 2.73 bits per heavy atom. The maximum Gasteiger partial charge on any atom is 0.0551 e. The first-order valence-electron chi connectivity index (χ1n) is 6.15. The van der Waals surface area contributed by atoms with Crippen molar-refractivity contribution in [3.05, 3.63) is 0 Å². The summed E-state index contributed by atoms with van der Waals surface area (Å²) in [5.74, 6) is 1.39. The molecule has 0 aromatic heterocycles. The van der Waals surface area contributed by atoms with Gasteiger partial charge in [0.1, 0.15) is 0 Å². The van der Waals surface area contributed by atoms with Crippen LogP contribution in [0.4, 0.5) is 0 Å². The van der Waals surface area contributed by atoms with Crippen LogP contribution in [0, 0.1) is 17.3 Å². The summed E-state index contributed by atoms with van der Waals surface area (Å²) in [6, 6.07) is 0. The molecule has 2 unspecified atom stereocenters. The Labute approximate surface area is 93.0 Å². The van der Waals surface area contributed by atoms with E-state index in [1.807, 2.05) is 0 Å². The summed E-state index contributed by atoms with van der Waals surface area (Å²) in [6.07, 6.45) is 2.69. The van der Waals surface area contributed by atoms with Crippen molar-refractivity contribution in [3.8, 4) is 0 Å². The van der Waals surface area contributed by atoms with E-state index in [-0.39, 0.29) is 0 Å². The highest BCUT2D eigenvalue weighted by Gasteiger charge is 2.49. The maximum atomic E-state index is 5.84. The van der Waals surface area contributed by atoms with E-state index in [4.69, 9.17) is 10.5 Å². The number of rotatable bonds is 3. The molecule has 2 atom stereocenters. The van der Waals surface area contributed by atoms with E-state index >= 15 is 0 Å². The molecule has 2 rings (SSSR count). The van der Waals surface area contributed by atoms with E-state index in [1.165, 1.54) is 25.9 Å². The second-order valence-corrected chi connectivity index (χ2v) is 5.46. The Morgan fingerprint density at radius 1 is 1.53 bits per heavy atom. The molecule has 2 fully saturated rings. The van der Waals surface area contributed by atoms with Gasteiger partial charge in [-0.3, -0.25) is 0 Å². The monoisotopic (exact) mass is 212 g/mol. The predicted octanol–water partition coefficient (Wildman–Crippen LogP) is 0.940. The first-order valence-corrected chi connectivity index (χ1v) is 6.15. The SMILES string of the molecule is CC(CN)C1(C2CCCN(C)C2)COC1. The van der Waals surface area contributed by atoms with Crippen molar-refractivity contribution in [1.29, 1.82) is 0 Å². The summed E-state index contributed by atoms with van der Waals surface area (Å²) >= 11 is 0. The minimum absolute atomic E-state index is 0.392. The number of nitrogens with two attached hydrogens (primary N) is 1. The molecule has 0 aromatic carbocycles. The molecule has 88 valence electrons. The van der Waals surface area contributed by atoms with Gasteiger partial charge in [0, 0.05) is 12.0 Å². The van der Waals surface area contributed by atoms with Crippen molar-refractivity contribution in [2.75, 3.05) is 39.9 Å². The quantitative estimate of drug-likeness (QED) is 0.756. The molecule has 0 amide bonds. The van der Waals surface area contributed by atoms with Crippen LogP contribution in [0.5, 0.6) is 0 Å². The number of ether oxygens (including phenoxy) is 1. The van der Waals surface area contributed by atoms with Gasteiger partial charge < -0.3 is 15.4 Å². The average Bonchev–Trinajstić information content (AvgIpc) is 2.16. The van der Waals surface area contributed by atoms with Crippen LogP contribution in [-0.2, 0) is 4.74 Å². The third kappa shape index (κ3) is 1.93. The molecule has 3 nitrogen and oxygen atoms in total. The smallest absolute Gasteiger partial charge is 0.0551 e. The first-order chi connectivity index (χ1) is 7.19. The summed E-state index contributed by atoms with van der Waals surface area (Å²) in [7, 11) is 2.23. The van der Waals surface area contributed by atoms with Gasteiger partial charge in [-0.15, -0.1) is 0 Å². The van der Waals surface area contributed by atoms with Crippen molar-refractivity contribution in [2.45, 2.75) is 19.8 Å². The molecule has 0 saturated carbocycles. The lowest BCUT2D eigenvalue weighted by molar-refractivity contribution is -0.182. The van der Waals surface area contributed by atoms with Crippen molar-refractivity contribution < 1.29 is 4.74 Å². The maximum absolute atomic E-state index is 5.84. The Hall–Kier alpha value is -0.120. The van der Waals surface area contributed by atoms with E-state index in [0.29, 0.717) is 11.3 Å². The zero-order valence-corrected chi connectivity index (χ0v) is 10.0. The summed E-state index contributed by atoms with van der Waals surface area (Å²) in [6.45, 7) is 7.44. The topological polar surface area (TPSA) is 38.5 Å². The zero-order valence-electron chi connectivity index (χ0n) is 10.0. The summed E-state index contributed by atoms with van der Waals surface area (Å²) in [4.78, 5) is 2.46. The molecule has 2 N–H and O–H groups in total. The highest BCUT2D eigenvalue weighted by atomic mass is 16.5. The summed E-state index contributed by atoms with van der Waals surface area (Å²) in [5, 5.41) is 0. The fourth-order valence-corrected chi connectivity index (χ4v) is 3.13. The predicted molar refractivity (Wildman–Crippen MR) is 61.7 cm³/mol. The standard InChI is InChI=1S/C12H24N2O/c1-10(6-13)12(8-15-9-12)11-4-3-5-14(2)7-11/h10-11H,3-9,13H2,1-2H3. The van der Waals surface area contributed by atoms with Crippen LogP contribution in [0.1, 0.15) is 19.8 Å². The molecule has 2 aliphatic rings. The Morgan fingerprint density at radius 2 is 2.27 bits per heavy atom. The Kier molecular flexibility index (Phi) is 3.33. The van der Waals surface area contributed by atoms with Crippen molar-refractivity contribution >= 4 is 0 Å². The second-order valence-electron chi connectivity index (χ2n) is 5.46. The van der Waals surface area contributed by atoms with Gasteiger partial charge >= 0.3 is 0 Å². The Balaban J connectivity index is 2.04. The van der Waals surface area contributed by atoms with Crippen LogP contribution in [0.25, 0.3) is 0 Å². The highest BCUT2D eigenvalue weighted by molar-refractivity contribution is 4.97. The van der Waals surface area contributed by atoms with E-state index in [9.17, 15) is 0 Å². The van der Waals surface area contributed by atoms with Crippen molar-refractivity contribution in [2.24, 2.45) is 23.0 Å². The molecule has 3 heteroatoms. The van der Waals surface area contributed by atoms with Crippen molar-refractivity contribution in [3.63, 3.8) is 0 Å². The third-order valence-corrected chi connectivity index (χ3v) is 4.51. The lowest BCUT2D eigenvalue weighted by atomic mass is 9.63. The Bertz CT molecular complexity index is 216. The number of nitrogens with zero attached hydrogens (tertiary/aromatic N) is 1. The van der Waals surface area contributed by atoms with E-state index in [0.717, 1.165) is 25.7 Å². The minimum atomic E-state index is 0.392. The average molecular weight is 212 g/mol. The van der Waals surface area contributed by atoms with Crippen LogP contribution in [0.2, 0.25) is 0 Å². The van der Waals surface area contributed by atoms with Gasteiger partial charge in [-0.2, -0.15) is 0 Å². The molecular weight excluding hydrogens is 188 g/mol. The fraction of sp³-hybridized carbons (Fsp3) is 1.00. The van der Waals surface area contributed by atoms with Crippen LogP contribution >= 0.6 is 0 Å². The second kappa shape index (κ2) is 4.40. The van der Waals surface area contributed by atoms with Gasteiger partial charge in [-0.1, -0.05) is 6.92 Å². The molecule has 2 saturated heterocycles. The van der Waals surface area contributed by atoms with Gasteiger partial charge in [-0.05, 0) is 44.8 Å². The highest BCUT2D eigenvalue weighted by Crippen LogP contribution is 2.45. The lowest BCUT2D eigenvalue weighted by Gasteiger charge is -2.53. The molecule has 2 heterocycles. The molecule has 0 spiro atoms. The molecule has 2 aliphatic heterocycles. The number of hydrogen-bond donors (Lipinski definition) is 1. The third-order valence-electron chi connectivity index (χ3n) is 4.51. The minimum Gasteiger partial charge on any atom is -0.380 e. The zero-order chi connectivity index (χ0) is 10.9. The largest absolute Gasteiger partial charge is 0.380 e. The van der Waals surface area contributed by atoms with E-state index in [1.54, 1.807) is 0 Å². The van der Waals surface area contributed by atoms with Gasteiger partial charge in [0.25, 0.3) is 0 Å². The van der Waals surface area contributed by atoms with Crippen LogP contribution in [-0.4, -0.2) is 44.8 Å². The van der Waals surface area contributed by atoms with E-state index in [2.05, 4.69) is 18.9 Å². The van der Waals surface area contributed by atoms with Gasteiger partial charge in [0.05, 0.1) is 13.2 Å². The van der Waals surface area contributed by atoms with Crippen LogP contribution < -0.4 is 5.73 Å². The van der Waals surface area contributed by atoms with Gasteiger partial charge in [0.2, 0.25) is 0 Å². The van der Waals surface area contributed by atoms with Crippen molar-refractivity contribution in [1.82, 2.24) is 4.90 Å². The van der Waals surface area contributed by atoms with Crippen LogP contribution in [0.15, 0.2) is 0 Å². The summed E-state index contributed by atoms with van der Waals surface area (Å²) in [5.41, 5.74) is 6.23. The number of likely N-dealkylation sites (tertiary alicyclic amines) is 1. The molecule has 0 radical (unpaired) electrons. The number of hydrogen-bond acceptors (Lipinski definition) is 3. The fourth-order valence-electron chi connectivity index (χ4n) is 3.13. The summed E-state index contributed by atoms with van der Waals surface area (Å²) < 4.78 is 5.48. The number of piperidine rings is 1. The molecular formula is C12H24N2O. The first kappa shape index (κ1) is 11.4. The lowest BCUT2D eigenvalue weighted by Crippen LogP contribution is -2.58. The van der Waals surface area contributed by atoms with Gasteiger partial charge in [-0.25, -0.2) is 0 Å². The van der Waals surface area contributed by atoms with Gasteiger partial charge in [0.15, 0.2) is 0 Å². The molecule has 0 aromatic rings. The molecule has 15 heavy (non-hydrogen) atoms. The molecule has 0 aliphatic carbocycles. The van der Waals surface area contributed by atoms with E-state index < -0.39 is 0 Å². The normalized spacial score (nSPS) is 33.4.